The summed E-state index contributed by atoms with van der Waals surface area (Å²) < 4.78 is 7.39. The molecule has 0 unspecified atom stereocenters. The van der Waals surface area contributed by atoms with E-state index in [4.69, 9.17) is 9.84 Å². The largest absolute Gasteiger partial charge is 0.394 e. The Bertz CT molecular complexity index is 731. The lowest BCUT2D eigenvalue weighted by atomic mass is 10.1. The van der Waals surface area contributed by atoms with Gasteiger partial charge in [0.2, 0.25) is 0 Å². The number of hydrogen-bond donors (Lipinski definition) is 3. The van der Waals surface area contributed by atoms with Gasteiger partial charge < -0.3 is 20.1 Å². The summed E-state index contributed by atoms with van der Waals surface area (Å²) in [5.41, 5.74) is -0.330. The molecule has 0 amide bonds. The second-order valence-corrected chi connectivity index (χ2v) is 5.90. The van der Waals surface area contributed by atoms with Crippen molar-refractivity contribution in [3.63, 3.8) is 0 Å². The number of pyridine rings is 1. The van der Waals surface area contributed by atoms with Crippen LogP contribution in [0.25, 0.3) is 10.8 Å². The number of hydrogen-bond acceptors (Lipinski definition) is 5. The van der Waals surface area contributed by atoms with Gasteiger partial charge in [0.15, 0.2) is 6.23 Å². The lowest BCUT2D eigenvalue weighted by Gasteiger charge is -2.18. The first-order valence-electron chi connectivity index (χ1n) is 6.46. The SMILES string of the molecule is O=c1c2cc(Br)ccc2ccn1[C@@H]1O[C@H](CO)[C@@H](O)[C@H]1O. The van der Waals surface area contributed by atoms with Crippen molar-refractivity contribution in [1.82, 2.24) is 4.57 Å². The minimum Gasteiger partial charge on any atom is -0.394 e. The third-order valence-corrected chi connectivity index (χ3v) is 4.18. The smallest absolute Gasteiger partial charge is 0.260 e. The van der Waals surface area contributed by atoms with Crippen LogP contribution in [0.4, 0.5) is 0 Å². The molecule has 0 bridgehead atoms. The minimum atomic E-state index is -1.27. The van der Waals surface area contributed by atoms with Crippen LogP contribution in [0.3, 0.4) is 0 Å². The van der Waals surface area contributed by atoms with Gasteiger partial charge in [-0.3, -0.25) is 9.36 Å². The zero-order chi connectivity index (χ0) is 15.1. The zero-order valence-electron chi connectivity index (χ0n) is 10.9. The molecule has 0 radical (unpaired) electrons. The Balaban J connectivity index is 2.09. The molecule has 2 aromatic rings. The van der Waals surface area contributed by atoms with Crippen molar-refractivity contribution in [3.8, 4) is 0 Å². The number of nitrogens with zero attached hydrogens (tertiary/aromatic N) is 1. The summed E-state index contributed by atoms with van der Waals surface area (Å²) >= 11 is 3.31. The van der Waals surface area contributed by atoms with Crippen LogP contribution in [0.1, 0.15) is 6.23 Å². The van der Waals surface area contributed by atoms with Gasteiger partial charge in [0.05, 0.1) is 6.61 Å². The van der Waals surface area contributed by atoms with Gasteiger partial charge in [-0.05, 0) is 23.6 Å². The lowest BCUT2D eigenvalue weighted by Crippen LogP contribution is -2.35. The molecule has 7 heteroatoms. The molecule has 4 atom stereocenters. The van der Waals surface area contributed by atoms with E-state index in [0.717, 1.165) is 9.86 Å². The first-order chi connectivity index (χ1) is 10.0. The van der Waals surface area contributed by atoms with Crippen LogP contribution in [-0.2, 0) is 4.74 Å². The number of fused-ring (bicyclic) bond motifs is 1. The minimum absolute atomic E-state index is 0.330. The first kappa shape index (κ1) is 14.7. The molecule has 0 aliphatic carbocycles. The number of rotatable bonds is 2. The zero-order valence-corrected chi connectivity index (χ0v) is 12.5. The Morgan fingerprint density at radius 3 is 2.67 bits per heavy atom. The van der Waals surface area contributed by atoms with E-state index in [0.29, 0.717) is 5.39 Å². The van der Waals surface area contributed by atoms with E-state index in [1.54, 1.807) is 12.1 Å². The number of aromatic nitrogens is 1. The first-order valence-corrected chi connectivity index (χ1v) is 7.25. The van der Waals surface area contributed by atoms with E-state index >= 15 is 0 Å². The number of ether oxygens (including phenoxy) is 1. The summed E-state index contributed by atoms with van der Waals surface area (Å²) in [5.74, 6) is 0. The van der Waals surface area contributed by atoms with E-state index in [2.05, 4.69) is 15.9 Å². The number of aliphatic hydroxyl groups is 3. The Morgan fingerprint density at radius 1 is 1.24 bits per heavy atom. The molecule has 1 aromatic carbocycles. The topological polar surface area (TPSA) is 91.9 Å². The highest BCUT2D eigenvalue weighted by atomic mass is 79.9. The highest BCUT2D eigenvalue weighted by Crippen LogP contribution is 2.28. The van der Waals surface area contributed by atoms with E-state index < -0.39 is 31.1 Å². The highest BCUT2D eigenvalue weighted by Gasteiger charge is 2.43. The summed E-state index contributed by atoms with van der Waals surface area (Å²) in [6.07, 6.45) is -2.92. The van der Waals surface area contributed by atoms with Crippen molar-refractivity contribution in [2.75, 3.05) is 6.61 Å². The predicted octanol–water partition coefficient (Wildman–Crippen LogP) is 0.375. The maximum absolute atomic E-state index is 12.5. The molecule has 1 aliphatic heterocycles. The number of halogens is 1. The second-order valence-electron chi connectivity index (χ2n) is 4.99. The molecule has 3 N–H and O–H groups in total. The van der Waals surface area contributed by atoms with Crippen molar-refractivity contribution in [1.29, 1.82) is 0 Å². The van der Waals surface area contributed by atoms with Gasteiger partial charge in [0, 0.05) is 16.1 Å². The molecule has 3 rings (SSSR count). The van der Waals surface area contributed by atoms with Gasteiger partial charge in [-0.1, -0.05) is 22.0 Å². The molecular weight excluding hydrogens is 342 g/mol. The van der Waals surface area contributed by atoms with Crippen molar-refractivity contribution < 1.29 is 20.1 Å². The molecule has 0 saturated carbocycles. The monoisotopic (exact) mass is 355 g/mol. The van der Waals surface area contributed by atoms with Gasteiger partial charge in [0.25, 0.3) is 5.56 Å². The van der Waals surface area contributed by atoms with E-state index in [-0.39, 0.29) is 5.56 Å². The summed E-state index contributed by atoms with van der Waals surface area (Å²) in [6, 6.07) is 7.06. The quantitative estimate of drug-likeness (QED) is 0.724. The maximum atomic E-state index is 12.5. The van der Waals surface area contributed by atoms with Crippen LogP contribution < -0.4 is 5.56 Å². The number of aliphatic hydroxyl groups excluding tert-OH is 3. The van der Waals surface area contributed by atoms with Crippen LogP contribution in [-0.4, -0.2) is 44.8 Å². The Kier molecular flexibility index (Phi) is 3.85. The second kappa shape index (κ2) is 5.51. The summed E-state index contributed by atoms with van der Waals surface area (Å²) in [6.45, 7) is -0.428. The predicted molar refractivity (Wildman–Crippen MR) is 78.9 cm³/mol. The molecule has 6 nitrogen and oxygen atoms in total. The molecular formula is C14H14BrNO5. The van der Waals surface area contributed by atoms with Crippen molar-refractivity contribution in [2.24, 2.45) is 0 Å². The van der Waals surface area contributed by atoms with Crippen molar-refractivity contribution in [2.45, 2.75) is 24.5 Å². The van der Waals surface area contributed by atoms with Gasteiger partial charge in [-0.2, -0.15) is 0 Å². The van der Waals surface area contributed by atoms with Crippen molar-refractivity contribution in [3.05, 3.63) is 45.3 Å². The molecule has 1 fully saturated rings. The van der Waals surface area contributed by atoms with Crippen LogP contribution >= 0.6 is 15.9 Å². The van der Waals surface area contributed by atoms with E-state index in [9.17, 15) is 15.0 Å². The Morgan fingerprint density at radius 2 is 2.00 bits per heavy atom. The molecule has 1 aliphatic rings. The summed E-state index contributed by atoms with van der Waals surface area (Å²) in [5, 5.41) is 30.1. The molecule has 0 spiro atoms. The Labute approximate surface area is 128 Å². The highest BCUT2D eigenvalue weighted by molar-refractivity contribution is 9.10. The fourth-order valence-corrected chi connectivity index (χ4v) is 2.90. The molecule has 1 aromatic heterocycles. The maximum Gasteiger partial charge on any atom is 0.260 e. The van der Waals surface area contributed by atoms with Crippen LogP contribution in [0.5, 0.6) is 0 Å². The third kappa shape index (κ3) is 2.41. The number of benzene rings is 1. The summed E-state index contributed by atoms with van der Waals surface area (Å²) in [7, 11) is 0. The van der Waals surface area contributed by atoms with Crippen LogP contribution in [0.15, 0.2) is 39.7 Å². The van der Waals surface area contributed by atoms with Crippen LogP contribution in [0.2, 0.25) is 0 Å². The van der Waals surface area contributed by atoms with Gasteiger partial charge in [-0.25, -0.2) is 0 Å². The molecule has 2 heterocycles. The van der Waals surface area contributed by atoms with Crippen LogP contribution in [0, 0.1) is 0 Å². The van der Waals surface area contributed by atoms with Gasteiger partial charge in [-0.15, -0.1) is 0 Å². The lowest BCUT2D eigenvalue weighted by molar-refractivity contribution is -0.0541. The molecule has 112 valence electrons. The van der Waals surface area contributed by atoms with Crippen molar-refractivity contribution >= 4 is 26.7 Å². The standard InChI is InChI=1S/C14H14BrNO5/c15-8-2-1-7-3-4-16(13(20)9(7)5-8)14-12(19)11(18)10(6-17)21-14/h1-5,10-12,14,17-19H,6H2/t10-,11-,12-,14-/m1/s1. The average Bonchev–Trinajstić information content (AvgIpc) is 2.76. The molecule has 21 heavy (non-hydrogen) atoms. The fraction of sp³-hybridized carbons (Fsp3) is 0.357. The average molecular weight is 356 g/mol. The third-order valence-electron chi connectivity index (χ3n) is 3.69. The Hall–Kier alpha value is -1.25. The summed E-state index contributed by atoms with van der Waals surface area (Å²) in [4.78, 5) is 12.5. The van der Waals surface area contributed by atoms with Gasteiger partial charge in [0.1, 0.15) is 18.3 Å². The normalized spacial score (nSPS) is 29.1. The van der Waals surface area contributed by atoms with E-state index in [1.165, 1.54) is 10.8 Å². The van der Waals surface area contributed by atoms with Gasteiger partial charge >= 0.3 is 0 Å². The van der Waals surface area contributed by atoms with E-state index in [1.807, 2.05) is 12.1 Å². The fourth-order valence-electron chi connectivity index (χ4n) is 2.54. The molecule has 1 saturated heterocycles.